The summed E-state index contributed by atoms with van der Waals surface area (Å²) >= 11 is 6.30. The number of hydrogen-bond donors (Lipinski definition) is 0. The second kappa shape index (κ2) is 7.01. The van der Waals surface area contributed by atoms with Crippen molar-refractivity contribution in [1.29, 1.82) is 0 Å². The van der Waals surface area contributed by atoms with Gasteiger partial charge < -0.3 is 14.2 Å². The lowest BCUT2D eigenvalue weighted by Gasteiger charge is -2.16. The van der Waals surface area contributed by atoms with E-state index in [2.05, 4.69) is 4.99 Å². The zero-order valence-corrected chi connectivity index (χ0v) is 13.8. The number of aliphatic imine (C=N–C) groups is 1. The number of hydrogen-bond acceptors (Lipinski definition) is 5. The van der Waals surface area contributed by atoms with Crippen molar-refractivity contribution in [3.8, 4) is 11.5 Å². The fraction of sp³-hybridized carbons (Fsp3) is 0.500. The first-order valence-corrected chi connectivity index (χ1v) is 7.47. The Bertz CT molecular complexity index is 588. The molecule has 2 rings (SSSR count). The molecule has 0 aromatic heterocycles. The summed E-state index contributed by atoms with van der Waals surface area (Å²) in [5.74, 6) is 0.981. The van der Waals surface area contributed by atoms with Gasteiger partial charge in [-0.25, -0.2) is 4.79 Å². The molecular weight excluding hydrogens is 306 g/mol. The number of nitrogens with zero attached hydrogens (tertiary/aromatic N) is 1. The van der Waals surface area contributed by atoms with E-state index >= 15 is 0 Å². The standard InChI is InChI=1S/C16H20ClNO4/c1-11(16(17)7-9-22-15(16)19)18-8-6-12-4-5-13(20-2)14(10-12)21-3/h4-5,10H,6-9H2,1-3H3. The quantitative estimate of drug-likeness (QED) is 0.458. The summed E-state index contributed by atoms with van der Waals surface area (Å²) < 4.78 is 15.4. The minimum atomic E-state index is -1.09. The largest absolute Gasteiger partial charge is 0.493 e. The topological polar surface area (TPSA) is 57.1 Å². The number of benzene rings is 1. The number of carbonyl (C=O) groups excluding carboxylic acids is 1. The second-order valence-corrected chi connectivity index (χ2v) is 5.74. The van der Waals surface area contributed by atoms with Gasteiger partial charge in [0, 0.05) is 18.7 Å². The predicted octanol–water partition coefficient (Wildman–Crippen LogP) is 2.63. The van der Waals surface area contributed by atoms with E-state index in [1.165, 1.54) is 0 Å². The van der Waals surface area contributed by atoms with Crippen LogP contribution in [-0.4, -0.2) is 43.9 Å². The molecular formula is C16H20ClNO4. The first kappa shape index (κ1) is 16.6. The van der Waals surface area contributed by atoms with E-state index in [0.29, 0.717) is 36.8 Å². The Morgan fingerprint density at radius 1 is 1.36 bits per heavy atom. The average molecular weight is 326 g/mol. The first-order chi connectivity index (χ1) is 10.5. The van der Waals surface area contributed by atoms with E-state index in [1.54, 1.807) is 21.1 Å². The molecule has 1 aromatic rings. The van der Waals surface area contributed by atoms with Gasteiger partial charge in [0.1, 0.15) is 0 Å². The number of carbonyl (C=O) groups is 1. The van der Waals surface area contributed by atoms with Gasteiger partial charge in [0.05, 0.1) is 20.8 Å². The summed E-state index contributed by atoms with van der Waals surface area (Å²) in [6.45, 7) is 2.67. The number of halogens is 1. The van der Waals surface area contributed by atoms with Crippen LogP contribution in [0.25, 0.3) is 0 Å². The Morgan fingerprint density at radius 3 is 2.68 bits per heavy atom. The molecule has 0 spiro atoms. The van der Waals surface area contributed by atoms with E-state index in [9.17, 15) is 4.79 Å². The van der Waals surface area contributed by atoms with Gasteiger partial charge >= 0.3 is 5.97 Å². The minimum absolute atomic E-state index is 0.352. The van der Waals surface area contributed by atoms with Crippen molar-refractivity contribution in [2.45, 2.75) is 24.6 Å². The van der Waals surface area contributed by atoms with Crippen molar-refractivity contribution in [2.24, 2.45) is 4.99 Å². The third kappa shape index (κ3) is 3.35. The Hall–Kier alpha value is -1.75. The number of methoxy groups -OCH3 is 2. The SMILES string of the molecule is COc1ccc(CCN=C(C)C2(Cl)CCOC2=O)cc1OC. The van der Waals surface area contributed by atoms with Crippen LogP contribution in [0.3, 0.4) is 0 Å². The van der Waals surface area contributed by atoms with Crippen molar-refractivity contribution in [2.75, 3.05) is 27.4 Å². The fourth-order valence-corrected chi connectivity index (χ4v) is 2.54. The van der Waals surface area contributed by atoms with Gasteiger partial charge in [0.15, 0.2) is 16.4 Å². The number of esters is 1. The van der Waals surface area contributed by atoms with Gasteiger partial charge in [0.25, 0.3) is 0 Å². The maximum absolute atomic E-state index is 11.7. The molecule has 1 aliphatic heterocycles. The monoisotopic (exact) mass is 325 g/mol. The van der Waals surface area contributed by atoms with Crippen molar-refractivity contribution in [3.05, 3.63) is 23.8 Å². The van der Waals surface area contributed by atoms with Gasteiger partial charge in [-0.2, -0.15) is 0 Å². The molecule has 0 bridgehead atoms. The lowest BCUT2D eigenvalue weighted by molar-refractivity contribution is -0.138. The molecule has 0 radical (unpaired) electrons. The summed E-state index contributed by atoms with van der Waals surface area (Å²) in [6, 6.07) is 5.75. The molecule has 0 aliphatic carbocycles. The molecule has 6 heteroatoms. The Balaban J connectivity index is 2.01. The van der Waals surface area contributed by atoms with Crippen LogP contribution in [0.4, 0.5) is 0 Å². The van der Waals surface area contributed by atoms with Gasteiger partial charge in [-0.3, -0.25) is 4.99 Å². The van der Waals surface area contributed by atoms with E-state index in [-0.39, 0.29) is 0 Å². The third-order valence-corrected chi connectivity index (χ3v) is 4.39. The van der Waals surface area contributed by atoms with Gasteiger partial charge in [-0.1, -0.05) is 17.7 Å². The fourth-order valence-electron chi connectivity index (χ4n) is 2.34. The Labute approximate surface area is 135 Å². The molecule has 5 nitrogen and oxygen atoms in total. The predicted molar refractivity (Wildman–Crippen MR) is 85.4 cm³/mol. The molecule has 22 heavy (non-hydrogen) atoms. The molecule has 1 fully saturated rings. The van der Waals surface area contributed by atoms with E-state index in [1.807, 2.05) is 18.2 Å². The van der Waals surface area contributed by atoms with Crippen molar-refractivity contribution in [1.82, 2.24) is 0 Å². The zero-order chi connectivity index (χ0) is 16.2. The highest BCUT2D eigenvalue weighted by Crippen LogP contribution is 2.30. The van der Waals surface area contributed by atoms with Crippen LogP contribution in [0.2, 0.25) is 0 Å². The molecule has 0 saturated carbocycles. The Morgan fingerprint density at radius 2 is 2.09 bits per heavy atom. The molecule has 1 aliphatic rings. The first-order valence-electron chi connectivity index (χ1n) is 7.10. The smallest absolute Gasteiger partial charge is 0.333 e. The second-order valence-electron chi connectivity index (χ2n) is 5.09. The summed E-state index contributed by atoms with van der Waals surface area (Å²) in [4.78, 5) is 15.0. The lowest BCUT2D eigenvalue weighted by atomic mass is 10.0. The third-order valence-electron chi connectivity index (χ3n) is 3.77. The number of rotatable bonds is 6. The van der Waals surface area contributed by atoms with Gasteiger partial charge in [-0.05, 0) is 31.0 Å². The van der Waals surface area contributed by atoms with Gasteiger partial charge in [-0.15, -0.1) is 0 Å². The van der Waals surface area contributed by atoms with Crippen molar-refractivity contribution < 1.29 is 19.0 Å². The number of cyclic esters (lactones) is 1. The van der Waals surface area contributed by atoms with Crippen LogP contribution >= 0.6 is 11.6 Å². The van der Waals surface area contributed by atoms with Gasteiger partial charge in [0.2, 0.25) is 0 Å². The molecule has 1 heterocycles. The van der Waals surface area contributed by atoms with Crippen LogP contribution in [0.5, 0.6) is 11.5 Å². The van der Waals surface area contributed by atoms with E-state index in [4.69, 9.17) is 25.8 Å². The lowest BCUT2D eigenvalue weighted by Crippen LogP contribution is -2.35. The van der Waals surface area contributed by atoms with Crippen molar-refractivity contribution >= 4 is 23.3 Å². The normalized spacial score (nSPS) is 21.6. The van der Waals surface area contributed by atoms with Crippen LogP contribution in [-0.2, 0) is 16.0 Å². The average Bonchev–Trinajstić information content (AvgIpc) is 2.87. The summed E-state index contributed by atoms with van der Waals surface area (Å²) in [6.07, 6.45) is 1.19. The van der Waals surface area contributed by atoms with Crippen LogP contribution in [0.15, 0.2) is 23.2 Å². The highest BCUT2D eigenvalue weighted by atomic mass is 35.5. The zero-order valence-electron chi connectivity index (χ0n) is 13.0. The van der Waals surface area contributed by atoms with E-state index < -0.39 is 10.8 Å². The number of alkyl halides is 1. The molecule has 1 saturated heterocycles. The summed E-state index contributed by atoms with van der Waals surface area (Å²) in [5, 5.41) is 0. The molecule has 120 valence electrons. The highest BCUT2D eigenvalue weighted by Gasteiger charge is 2.45. The molecule has 1 aromatic carbocycles. The number of ether oxygens (including phenoxy) is 3. The summed E-state index contributed by atoms with van der Waals surface area (Å²) in [5.41, 5.74) is 1.68. The molecule has 0 N–H and O–H groups in total. The summed E-state index contributed by atoms with van der Waals surface area (Å²) in [7, 11) is 3.21. The van der Waals surface area contributed by atoms with E-state index in [0.717, 1.165) is 12.0 Å². The van der Waals surface area contributed by atoms with Crippen LogP contribution in [0.1, 0.15) is 18.9 Å². The van der Waals surface area contributed by atoms with Crippen LogP contribution < -0.4 is 9.47 Å². The molecule has 1 unspecified atom stereocenters. The molecule has 0 amide bonds. The minimum Gasteiger partial charge on any atom is -0.493 e. The maximum atomic E-state index is 11.7. The van der Waals surface area contributed by atoms with Crippen molar-refractivity contribution in [3.63, 3.8) is 0 Å². The maximum Gasteiger partial charge on any atom is 0.333 e. The Kier molecular flexibility index (Phi) is 5.29. The van der Waals surface area contributed by atoms with Crippen LogP contribution in [0, 0.1) is 0 Å². The molecule has 1 atom stereocenters. The highest BCUT2D eigenvalue weighted by molar-refractivity contribution is 6.46.